The van der Waals surface area contributed by atoms with Crippen molar-refractivity contribution in [1.82, 2.24) is 4.72 Å². The number of hydrogen-bond donors (Lipinski definition) is 2. The number of hydrogen-bond acceptors (Lipinski definition) is 5. The van der Waals surface area contributed by atoms with Crippen LogP contribution in [0.25, 0.3) is 0 Å². The van der Waals surface area contributed by atoms with Gasteiger partial charge in [0.15, 0.2) is 23.3 Å². The molecule has 3 aromatic rings. The van der Waals surface area contributed by atoms with Crippen LogP contribution in [0.3, 0.4) is 0 Å². The van der Waals surface area contributed by atoms with Gasteiger partial charge in [0.25, 0.3) is 0 Å². The normalized spacial score (nSPS) is 14.9. The van der Waals surface area contributed by atoms with E-state index in [0.717, 1.165) is 42.4 Å². The number of sulfonamides is 1. The van der Waals surface area contributed by atoms with E-state index in [1.807, 2.05) is 16.9 Å². The van der Waals surface area contributed by atoms with Gasteiger partial charge in [0.2, 0.25) is 15.9 Å². The Balaban J connectivity index is 1.50. The Morgan fingerprint density at radius 2 is 1.56 bits per heavy atom. The van der Waals surface area contributed by atoms with Crippen molar-refractivity contribution in [3.8, 4) is 5.75 Å². The second-order valence-electron chi connectivity index (χ2n) is 10.6. The number of nitrogens with zero attached hydrogens (tertiary/aromatic N) is 1. The molecule has 228 valence electrons. The van der Waals surface area contributed by atoms with Crippen molar-refractivity contribution in [1.29, 1.82) is 0 Å². The highest BCUT2D eigenvalue weighted by atomic mass is 32.2. The fraction of sp³-hybridized carbons (Fsp3) is 0.333. The lowest BCUT2D eigenvalue weighted by Gasteiger charge is -2.26. The summed E-state index contributed by atoms with van der Waals surface area (Å²) in [7, 11) is -5.02. The molecule has 0 saturated heterocycles. The zero-order chi connectivity index (χ0) is 31.1. The summed E-state index contributed by atoms with van der Waals surface area (Å²) in [6.07, 6.45) is 4.18. The Hall–Kier alpha value is -3.97. The SMILES string of the molecule is CCOc1cc(C(=O)O)ccc1N(Cc1cc(C2CC2)cc(C2CC2)c1)C(=O)CNS(=O)(=O)c1cc(F)c(F)c(F)c1F. The van der Waals surface area contributed by atoms with Crippen LogP contribution >= 0.6 is 0 Å². The molecule has 2 saturated carbocycles. The molecule has 0 aromatic heterocycles. The zero-order valence-corrected chi connectivity index (χ0v) is 23.8. The van der Waals surface area contributed by atoms with E-state index in [4.69, 9.17) is 4.74 Å². The highest BCUT2D eigenvalue weighted by Crippen LogP contribution is 2.45. The number of aromatic carboxylic acids is 1. The van der Waals surface area contributed by atoms with Crippen LogP contribution in [0.4, 0.5) is 23.2 Å². The van der Waals surface area contributed by atoms with Crippen LogP contribution in [-0.2, 0) is 21.4 Å². The monoisotopic (exact) mass is 620 g/mol. The first-order chi connectivity index (χ1) is 20.4. The topological polar surface area (TPSA) is 113 Å². The molecule has 2 fully saturated rings. The lowest BCUT2D eigenvalue weighted by molar-refractivity contribution is -0.117. The molecular formula is C30H28F4N2O6S. The highest BCUT2D eigenvalue weighted by molar-refractivity contribution is 7.89. The third-order valence-corrected chi connectivity index (χ3v) is 8.75. The van der Waals surface area contributed by atoms with E-state index in [9.17, 15) is 40.7 Å². The second kappa shape index (κ2) is 12.0. The van der Waals surface area contributed by atoms with Crippen molar-refractivity contribution < 1.29 is 45.4 Å². The number of rotatable bonds is 12. The minimum absolute atomic E-state index is 0.0150. The van der Waals surface area contributed by atoms with Gasteiger partial charge < -0.3 is 14.7 Å². The summed E-state index contributed by atoms with van der Waals surface area (Å²) in [5, 5.41) is 9.47. The minimum Gasteiger partial charge on any atom is -0.492 e. The van der Waals surface area contributed by atoms with Gasteiger partial charge in [-0.15, -0.1) is 0 Å². The van der Waals surface area contributed by atoms with Gasteiger partial charge in [0.1, 0.15) is 10.6 Å². The average Bonchev–Trinajstić information content (AvgIpc) is 3.88. The standard InChI is InChI=1S/C30H28F4N2O6S/c1-2-42-24-12-19(30(38)39)7-8-23(24)36(15-16-9-20(17-3-4-17)11-21(10-16)18-5-6-18)26(37)14-35-43(40,41)25-13-22(31)27(32)29(34)28(25)33/h7-13,17-18,35H,2-6,14-15H2,1H3,(H,38,39). The Morgan fingerprint density at radius 3 is 2.12 bits per heavy atom. The van der Waals surface area contributed by atoms with Crippen molar-refractivity contribution in [3.63, 3.8) is 0 Å². The van der Waals surface area contributed by atoms with Crippen molar-refractivity contribution in [2.45, 2.75) is 55.9 Å². The maximum Gasteiger partial charge on any atom is 0.335 e. The van der Waals surface area contributed by atoms with Crippen LogP contribution in [0.5, 0.6) is 5.75 Å². The van der Waals surface area contributed by atoms with Crippen LogP contribution in [0, 0.1) is 23.3 Å². The number of nitrogens with one attached hydrogen (secondary N) is 1. The Bertz CT molecular complexity index is 1680. The molecule has 5 rings (SSSR count). The molecule has 0 heterocycles. The molecule has 1 amide bonds. The fourth-order valence-electron chi connectivity index (χ4n) is 4.85. The molecule has 13 heteroatoms. The molecule has 2 aliphatic carbocycles. The summed E-state index contributed by atoms with van der Waals surface area (Å²) >= 11 is 0. The minimum atomic E-state index is -5.02. The van der Waals surface area contributed by atoms with E-state index in [0.29, 0.717) is 11.8 Å². The van der Waals surface area contributed by atoms with Gasteiger partial charge in [-0.2, -0.15) is 0 Å². The van der Waals surface area contributed by atoms with E-state index < -0.39 is 56.6 Å². The maximum atomic E-state index is 14.3. The lowest BCUT2D eigenvalue weighted by Crippen LogP contribution is -2.40. The van der Waals surface area contributed by atoms with E-state index in [2.05, 4.69) is 6.07 Å². The molecule has 0 bridgehead atoms. The van der Waals surface area contributed by atoms with Gasteiger partial charge in [-0.05, 0) is 79.3 Å². The van der Waals surface area contributed by atoms with Gasteiger partial charge in [-0.3, -0.25) is 4.79 Å². The number of carbonyl (C=O) groups excluding carboxylic acids is 1. The Labute approximate surface area is 245 Å². The second-order valence-corrected chi connectivity index (χ2v) is 12.3. The molecule has 0 atom stereocenters. The summed E-state index contributed by atoms with van der Waals surface area (Å²) in [6, 6.07) is 9.96. The number of anilines is 1. The first-order valence-electron chi connectivity index (χ1n) is 13.7. The maximum absolute atomic E-state index is 14.3. The highest BCUT2D eigenvalue weighted by Gasteiger charge is 2.31. The number of carbonyl (C=O) groups is 2. The zero-order valence-electron chi connectivity index (χ0n) is 23.0. The number of carboxylic acid groups (broad SMARTS) is 1. The summed E-state index contributed by atoms with van der Waals surface area (Å²) in [4.78, 5) is 25.0. The van der Waals surface area contributed by atoms with Gasteiger partial charge in [-0.25, -0.2) is 35.5 Å². The molecule has 8 nitrogen and oxygen atoms in total. The van der Waals surface area contributed by atoms with Crippen molar-refractivity contribution in [2.75, 3.05) is 18.1 Å². The number of amides is 1. The average molecular weight is 621 g/mol. The number of benzene rings is 3. The largest absolute Gasteiger partial charge is 0.492 e. The molecule has 2 aliphatic rings. The van der Waals surface area contributed by atoms with Crippen LogP contribution < -0.4 is 14.4 Å². The van der Waals surface area contributed by atoms with E-state index in [1.165, 1.54) is 23.1 Å². The van der Waals surface area contributed by atoms with Crippen molar-refractivity contribution in [3.05, 3.63) is 88.0 Å². The third-order valence-electron chi connectivity index (χ3n) is 7.35. The van der Waals surface area contributed by atoms with E-state index in [-0.39, 0.29) is 36.2 Å². The molecule has 0 radical (unpaired) electrons. The summed E-state index contributed by atoms with van der Waals surface area (Å²) in [5.41, 5.74) is 3.05. The smallest absolute Gasteiger partial charge is 0.335 e. The molecule has 0 aliphatic heterocycles. The molecule has 3 aromatic carbocycles. The lowest BCUT2D eigenvalue weighted by atomic mass is 9.99. The van der Waals surface area contributed by atoms with Gasteiger partial charge in [0.05, 0.1) is 30.9 Å². The number of halogens is 4. The predicted octanol–water partition coefficient (Wildman–Crippen LogP) is 5.61. The molecule has 2 N–H and O–H groups in total. The first-order valence-corrected chi connectivity index (χ1v) is 15.1. The van der Waals surface area contributed by atoms with Gasteiger partial charge in [-0.1, -0.05) is 18.2 Å². The molecular weight excluding hydrogens is 592 g/mol. The molecule has 0 spiro atoms. The van der Waals surface area contributed by atoms with Gasteiger partial charge >= 0.3 is 5.97 Å². The quantitative estimate of drug-likeness (QED) is 0.155. The van der Waals surface area contributed by atoms with Crippen LogP contribution in [-0.4, -0.2) is 38.6 Å². The van der Waals surface area contributed by atoms with Crippen LogP contribution in [0.1, 0.15) is 71.5 Å². The van der Waals surface area contributed by atoms with Crippen molar-refractivity contribution >= 4 is 27.6 Å². The molecule has 43 heavy (non-hydrogen) atoms. The van der Waals surface area contributed by atoms with Crippen LogP contribution in [0.2, 0.25) is 0 Å². The Morgan fingerprint density at radius 1 is 0.930 bits per heavy atom. The van der Waals surface area contributed by atoms with Gasteiger partial charge in [0, 0.05) is 6.07 Å². The number of carboxylic acids is 1. The first kappa shape index (κ1) is 30.5. The van der Waals surface area contributed by atoms with Crippen LogP contribution in [0.15, 0.2) is 47.4 Å². The predicted molar refractivity (Wildman–Crippen MR) is 148 cm³/mol. The van der Waals surface area contributed by atoms with Crippen molar-refractivity contribution in [2.24, 2.45) is 0 Å². The summed E-state index contributed by atoms with van der Waals surface area (Å²) in [6.45, 7) is 0.747. The summed E-state index contributed by atoms with van der Waals surface area (Å²) in [5.74, 6) is -9.76. The summed E-state index contributed by atoms with van der Waals surface area (Å²) < 4.78 is 88.2. The Kier molecular flexibility index (Phi) is 8.48. The van der Waals surface area contributed by atoms with E-state index in [1.54, 1.807) is 6.92 Å². The number of ether oxygens (including phenoxy) is 1. The third kappa shape index (κ3) is 6.67. The van der Waals surface area contributed by atoms with E-state index >= 15 is 0 Å². The molecule has 0 unspecified atom stereocenters. The fourth-order valence-corrected chi connectivity index (χ4v) is 5.90.